The summed E-state index contributed by atoms with van der Waals surface area (Å²) in [6, 6.07) is 0.328. The van der Waals surface area contributed by atoms with E-state index in [0.29, 0.717) is 12.0 Å². The number of sulfone groups is 1. The van der Waals surface area contributed by atoms with Gasteiger partial charge in [0, 0.05) is 24.9 Å². The average molecular weight is 250 g/mol. The molecule has 0 saturated carbocycles. The van der Waals surface area contributed by atoms with Crippen molar-refractivity contribution < 1.29 is 8.42 Å². The lowest BCUT2D eigenvalue weighted by molar-refractivity contribution is 0.277. The van der Waals surface area contributed by atoms with Crippen LogP contribution in [-0.2, 0) is 9.84 Å². The fourth-order valence-electron chi connectivity index (χ4n) is 1.72. The summed E-state index contributed by atoms with van der Waals surface area (Å²) in [5.41, 5.74) is 0. The van der Waals surface area contributed by atoms with Gasteiger partial charge in [0.05, 0.1) is 5.75 Å². The topological polar surface area (TPSA) is 49.4 Å². The van der Waals surface area contributed by atoms with E-state index in [-0.39, 0.29) is 11.8 Å². The third kappa shape index (κ3) is 8.07. The zero-order chi connectivity index (χ0) is 12.9. The molecule has 0 aliphatic rings. The second-order valence-corrected chi connectivity index (χ2v) is 7.46. The number of nitrogens with one attached hydrogen (secondary N) is 1. The summed E-state index contributed by atoms with van der Waals surface area (Å²) in [4.78, 5) is 2.12. The fraction of sp³-hybridized carbons (Fsp3) is 1.00. The van der Waals surface area contributed by atoms with Crippen LogP contribution in [0, 0.1) is 5.92 Å². The van der Waals surface area contributed by atoms with Crippen LogP contribution in [0.1, 0.15) is 20.8 Å². The molecule has 5 heteroatoms. The molecule has 2 unspecified atom stereocenters. The highest BCUT2D eigenvalue weighted by Gasteiger charge is 2.18. The van der Waals surface area contributed by atoms with Crippen molar-refractivity contribution in [2.24, 2.45) is 5.92 Å². The van der Waals surface area contributed by atoms with Crippen LogP contribution in [0.15, 0.2) is 0 Å². The van der Waals surface area contributed by atoms with Crippen molar-refractivity contribution in [3.8, 4) is 0 Å². The lowest BCUT2D eigenvalue weighted by Gasteiger charge is -2.28. The van der Waals surface area contributed by atoms with Crippen molar-refractivity contribution in [1.82, 2.24) is 10.2 Å². The molecule has 2 atom stereocenters. The highest BCUT2D eigenvalue weighted by Crippen LogP contribution is 2.04. The Morgan fingerprint density at radius 1 is 1.19 bits per heavy atom. The molecule has 98 valence electrons. The van der Waals surface area contributed by atoms with E-state index in [2.05, 4.69) is 24.1 Å². The Bertz CT molecular complexity index is 286. The van der Waals surface area contributed by atoms with Crippen LogP contribution in [0.5, 0.6) is 0 Å². The minimum Gasteiger partial charge on any atom is -0.309 e. The molecule has 0 rings (SSSR count). The summed E-state index contributed by atoms with van der Waals surface area (Å²) in [7, 11) is 1.15. The molecule has 0 aromatic rings. The molecule has 0 aliphatic heterocycles. The number of hydrogen-bond donors (Lipinski definition) is 1. The summed E-state index contributed by atoms with van der Waals surface area (Å²) in [5.74, 6) is 0.688. The summed E-state index contributed by atoms with van der Waals surface area (Å²) < 4.78 is 22.3. The van der Waals surface area contributed by atoms with Gasteiger partial charge in [-0.2, -0.15) is 0 Å². The summed E-state index contributed by atoms with van der Waals surface area (Å²) in [5, 5.41) is 3.38. The van der Waals surface area contributed by atoms with Gasteiger partial charge < -0.3 is 10.2 Å². The molecule has 0 radical (unpaired) electrons. The van der Waals surface area contributed by atoms with E-state index in [9.17, 15) is 8.42 Å². The Labute approximate surface area is 100 Å². The number of nitrogens with zero attached hydrogens (tertiary/aromatic N) is 1. The number of hydrogen-bond acceptors (Lipinski definition) is 4. The predicted molar refractivity (Wildman–Crippen MR) is 69.5 cm³/mol. The summed E-state index contributed by atoms with van der Waals surface area (Å²) >= 11 is 0. The van der Waals surface area contributed by atoms with E-state index in [4.69, 9.17) is 0 Å². The summed E-state index contributed by atoms with van der Waals surface area (Å²) in [6.07, 6.45) is 1.28. The second kappa shape index (κ2) is 6.57. The minimum absolute atomic E-state index is 0.00218. The molecule has 0 saturated heterocycles. The van der Waals surface area contributed by atoms with Crippen LogP contribution in [0.3, 0.4) is 0 Å². The van der Waals surface area contributed by atoms with Crippen LogP contribution in [-0.4, -0.2) is 58.1 Å². The van der Waals surface area contributed by atoms with Crippen molar-refractivity contribution >= 4 is 9.84 Å². The van der Waals surface area contributed by atoms with Crippen LogP contribution < -0.4 is 5.32 Å². The van der Waals surface area contributed by atoms with Crippen LogP contribution in [0.2, 0.25) is 0 Å². The molecule has 1 N–H and O–H groups in total. The SMILES string of the molecule is CC(CS(C)(=O)=O)NC(CN(C)C)C(C)C. The molecule has 4 nitrogen and oxygen atoms in total. The lowest BCUT2D eigenvalue weighted by atomic mass is 10.0. The van der Waals surface area contributed by atoms with Crippen molar-refractivity contribution in [1.29, 1.82) is 0 Å². The van der Waals surface area contributed by atoms with Crippen LogP contribution in [0.25, 0.3) is 0 Å². The number of rotatable bonds is 7. The third-order valence-electron chi connectivity index (χ3n) is 2.42. The van der Waals surface area contributed by atoms with E-state index in [1.54, 1.807) is 0 Å². The first-order valence-corrected chi connectivity index (χ1v) is 7.76. The van der Waals surface area contributed by atoms with Crippen LogP contribution >= 0.6 is 0 Å². The second-order valence-electron chi connectivity index (χ2n) is 5.27. The van der Waals surface area contributed by atoms with Gasteiger partial charge in [-0.1, -0.05) is 13.8 Å². The quantitative estimate of drug-likeness (QED) is 0.719. The van der Waals surface area contributed by atoms with Gasteiger partial charge in [0.15, 0.2) is 0 Å². The Balaban J connectivity index is 4.29. The molecule has 0 heterocycles. The standard InChI is InChI=1S/C11H26N2O2S/c1-9(2)11(7-13(4)5)12-10(3)8-16(6,14)15/h9-12H,7-8H2,1-6H3. The van der Waals surface area contributed by atoms with Gasteiger partial charge >= 0.3 is 0 Å². The monoisotopic (exact) mass is 250 g/mol. The third-order valence-corrected chi connectivity index (χ3v) is 3.52. The van der Waals surface area contributed by atoms with E-state index in [1.165, 1.54) is 6.26 Å². The normalized spacial score (nSPS) is 16.8. The molecule has 0 aliphatic carbocycles. The van der Waals surface area contributed by atoms with E-state index < -0.39 is 9.84 Å². The highest BCUT2D eigenvalue weighted by atomic mass is 32.2. The molecule has 0 aromatic carbocycles. The van der Waals surface area contributed by atoms with E-state index in [1.807, 2.05) is 21.0 Å². The van der Waals surface area contributed by atoms with E-state index in [0.717, 1.165) is 6.54 Å². The smallest absolute Gasteiger partial charge is 0.148 e. The van der Waals surface area contributed by atoms with E-state index >= 15 is 0 Å². The maximum atomic E-state index is 11.2. The molecule has 0 aromatic heterocycles. The average Bonchev–Trinajstić information content (AvgIpc) is 1.97. The van der Waals surface area contributed by atoms with Gasteiger partial charge in [0.1, 0.15) is 9.84 Å². The van der Waals surface area contributed by atoms with Crippen molar-refractivity contribution in [3.05, 3.63) is 0 Å². The molecule has 0 amide bonds. The zero-order valence-corrected chi connectivity index (χ0v) is 12.1. The Kier molecular flexibility index (Phi) is 6.51. The van der Waals surface area contributed by atoms with Gasteiger partial charge in [-0.25, -0.2) is 8.42 Å². The molecular formula is C11H26N2O2S. The van der Waals surface area contributed by atoms with Gasteiger partial charge in [-0.05, 0) is 26.9 Å². The van der Waals surface area contributed by atoms with Crippen molar-refractivity contribution in [2.45, 2.75) is 32.9 Å². The highest BCUT2D eigenvalue weighted by molar-refractivity contribution is 7.90. The Hall–Kier alpha value is -0.130. The molecule has 0 bridgehead atoms. The minimum atomic E-state index is -2.90. The van der Waals surface area contributed by atoms with Gasteiger partial charge in [-0.15, -0.1) is 0 Å². The molecule has 0 spiro atoms. The van der Waals surface area contributed by atoms with Crippen molar-refractivity contribution in [2.75, 3.05) is 32.6 Å². The van der Waals surface area contributed by atoms with Crippen LogP contribution in [0.4, 0.5) is 0 Å². The first-order chi connectivity index (χ1) is 7.11. The number of likely N-dealkylation sites (N-methyl/N-ethyl adjacent to an activating group) is 1. The summed E-state index contributed by atoms with van der Waals surface area (Å²) in [6.45, 7) is 7.14. The lowest BCUT2D eigenvalue weighted by Crippen LogP contribution is -2.47. The molecule has 0 fully saturated rings. The molecular weight excluding hydrogens is 224 g/mol. The fourth-order valence-corrected chi connectivity index (χ4v) is 2.72. The van der Waals surface area contributed by atoms with Gasteiger partial charge in [-0.3, -0.25) is 0 Å². The van der Waals surface area contributed by atoms with Crippen molar-refractivity contribution in [3.63, 3.8) is 0 Å². The largest absolute Gasteiger partial charge is 0.309 e. The zero-order valence-electron chi connectivity index (χ0n) is 11.3. The maximum Gasteiger partial charge on any atom is 0.148 e. The first kappa shape index (κ1) is 15.9. The Morgan fingerprint density at radius 2 is 1.69 bits per heavy atom. The predicted octanol–water partition coefficient (Wildman–Crippen LogP) is 0.595. The molecule has 16 heavy (non-hydrogen) atoms. The van der Waals surface area contributed by atoms with Gasteiger partial charge in [0.2, 0.25) is 0 Å². The first-order valence-electron chi connectivity index (χ1n) is 5.70. The maximum absolute atomic E-state index is 11.2. The Morgan fingerprint density at radius 3 is 2.00 bits per heavy atom. The van der Waals surface area contributed by atoms with Gasteiger partial charge in [0.25, 0.3) is 0 Å².